The van der Waals surface area contributed by atoms with Gasteiger partial charge in [0.2, 0.25) is 0 Å². The average Bonchev–Trinajstić information content (AvgIpc) is 2.59. The molecule has 0 aliphatic heterocycles. The van der Waals surface area contributed by atoms with Crippen LogP contribution in [0.15, 0.2) is 18.2 Å². The van der Waals surface area contributed by atoms with Gasteiger partial charge in [-0.25, -0.2) is 0 Å². The fourth-order valence-electron chi connectivity index (χ4n) is 1.94. The van der Waals surface area contributed by atoms with Gasteiger partial charge in [-0.2, -0.15) is 22.0 Å². The van der Waals surface area contributed by atoms with Crippen LogP contribution < -0.4 is 0 Å². The fraction of sp³-hybridized carbons (Fsp3) is 0.364. The van der Waals surface area contributed by atoms with Crippen LogP contribution in [0.5, 0.6) is 0 Å². The minimum Gasteiger partial charge on any atom is -0.294 e. The Bertz CT molecular complexity index is 475. The van der Waals surface area contributed by atoms with E-state index in [9.17, 15) is 26.7 Å². The van der Waals surface area contributed by atoms with E-state index in [0.717, 1.165) is 12.1 Å². The zero-order valence-corrected chi connectivity index (χ0v) is 8.44. The quantitative estimate of drug-likeness (QED) is 0.697. The Morgan fingerprint density at radius 2 is 1.65 bits per heavy atom. The van der Waals surface area contributed by atoms with E-state index in [1.807, 2.05) is 0 Å². The van der Waals surface area contributed by atoms with E-state index in [1.54, 1.807) is 0 Å². The van der Waals surface area contributed by atoms with Crippen molar-refractivity contribution in [3.63, 3.8) is 0 Å². The highest BCUT2D eigenvalue weighted by Crippen LogP contribution is 2.46. The summed E-state index contributed by atoms with van der Waals surface area (Å²) < 4.78 is 63.2. The molecule has 0 spiro atoms. The number of Topliss-reactive ketones (excluding diaryl/α,β-unsaturated/α-hetero) is 1. The molecule has 2 rings (SSSR count). The number of hydrogen-bond donors (Lipinski definition) is 0. The van der Waals surface area contributed by atoms with Crippen molar-refractivity contribution in [1.82, 2.24) is 0 Å². The number of rotatable bonds is 1. The van der Waals surface area contributed by atoms with Gasteiger partial charge in [0.15, 0.2) is 5.78 Å². The molecule has 0 unspecified atom stereocenters. The van der Waals surface area contributed by atoms with Gasteiger partial charge in [0.1, 0.15) is 0 Å². The molecule has 0 radical (unpaired) electrons. The van der Waals surface area contributed by atoms with Crippen molar-refractivity contribution in [2.75, 3.05) is 0 Å². The Morgan fingerprint density at radius 3 is 2.24 bits per heavy atom. The molecule has 1 aromatic carbocycles. The molecule has 0 saturated heterocycles. The summed E-state index contributed by atoms with van der Waals surface area (Å²) in [6.45, 7) is 0. The van der Waals surface area contributed by atoms with Gasteiger partial charge >= 0.3 is 12.1 Å². The average molecular weight is 250 g/mol. The number of fused-ring (bicyclic) bond motifs is 1. The third kappa shape index (κ3) is 1.71. The summed E-state index contributed by atoms with van der Waals surface area (Å²) in [6, 6.07) is 3.06. The Balaban J connectivity index is 2.59. The van der Waals surface area contributed by atoms with Crippen LogP contribution in [0.1, 0.15) is 27.9 Å². The van der Waals surface area contributed by atoms with Crippen LogP contribution in [0.25, 0.3) is 0 Å². The highest BCUT2D eigenvalue weighted by atomic mass is 19.4. The molecule has 0 aromatic heterocycles. The predicted octanol–water partition coefficient (Wildman–Crippen LogP) is 3.47. The Hall–Kier alpha value is -1.46. The second-order valence-electron chi connectivity index (χ2n) is 3.83. The molecule has 0 N–H and O–H groups in total. The number of halogens is 5. The molecule has 6 heteroatoms. The van der Waals surface area contributed by atoms with E-state index in [2.05, 4.69) is 0 Å². The standard InChI is InChI=1S/C11H7F5O/c12-10(13,11(14,15)16)8-3-1-2-7-6(8)4-5-9(7)17/h1-3H,4-5H2. The zero-order valence-electron chi connectivity index (χ0n) is 8.44. The van der Waals surface area contributed by atoms with E-state index in [1.165, 1.54) is 6.07 Å². The molecule has 0 heterocycles. The van der Waals surface area contributed by atoms with Crippen LogP contribution >= 0.6 is 0 Å². The van der Waals surface area contributed by atoms with Crippen molar-refractivity contribution < 1.29 is 26.7 Å². The van der Waals surface area contributed by atoms with Crippen LogP contribution in [0.4, 0.5) is 22.0 Å². The molecule has 1 aliphatic rings. The lowest BCUT2D eigenvalue weighted by Gasteiger charge is -2.22. The Kier molecular flexibility index (Phi) is 2.48. The molecule has 0 bridgehead atoms. The van der Waals surface area contributed by atoms with Gasteiger partial charge in [0.25, 0.3) is 0 Å². The van der Waals surface area contributed by atoms with Crippen molar-refractivity contribution in [3.8, 4) is 0 Å². The normalized spacial score (nSPS) is 16.2. The van der Waals surface area contributed by atoms with Gasteiger partial charge in [-0.05, 0) is 12.0 Å². The molecular weight excluding hydrogens is 243 g/mol. The molecule has 0 saturated carbocycles. The summed E-state index contributed by atoms with van der Waals surface area (Å²) in [4.78, 5) is 11.3. The molecule has 0 fully saturated rings. The summed E-state index contributed by atoms with van der Waals surface area (Å²) >= 11 is 0. The van der Waals surface area contributed by atoms with Crippen LogP contribution in [0.3, 0.4) is 0 Å². The molecule has 1 aliphatic carbocycles. The van der Waals surface area contributed by atoms with Crippen molar-refractivity contribution >= 4 is 5.78 Å². The smallest absolute Gasteiger partial charge is 0.294 e. The SMILES string of the molecule is O=C1CCc2c1cccc2C(F)(F)C(F)(F)F. The van der Waals surface area contributed by atoms with Crippen LogP contribution in [-0.4, -0.2) is 12.0 Å². The monoisotopic (exact) mass is 250 g/mol. The molecule has 1 nitrogen and oxygen atoms in total. The molecular formula is C11H7F5O. The second kappa shape index (κ2) is 3.51. The molecule has 0 amide bonds. The highest BCUT2D eigenvalue weighted by molar-refractivity contribution is 6.00. The van der Waals surface area contributed by atoms with Crippen LogP contribution in [0, 0.1) is 0 Å². The molecule has 17 heavy (non-hydrogen) atoms. The fourth-order valence-corrected chi connectivity index (χ4v) is 1.94. The zero-order chi connectivity index (χ0) is 12.8. The van der Waals surface area contributed by atoms with Crippen molar-refractivity contribution in [3.05, 3.63) is 34.9 Å². The topological polar surface area (TPSA) is 17.1 Å². The van der Waals surface area contributed by atoms with Crippen molar-refractivity contribution in [1.29, 1.82) is 0 Å². The Labute approximate surface area is 93.2 Å². The second-order valence-corrected chi connectivity index (χ2v) is 3.83. The third-order valence-electron chi connectivity index (χ3n) is 2.77. The molecule has 1 aromatic rings. The lowest BCUT2D eigenvalue weighted by Crippen LogP contribution is -2.34. The lowest BCUT2D eigenvalue weighted by atomic mass is 9.98. The molecule has 92 valence electrons. The Morgan fingerprint density at radius 1 is 1.00 bits per heavy atom. The number of carbonyl (C=O) groups is 1. The first-order chi connectivity index (χ1) is 7.75. The van der Waals surface area contributed by atoms with Gasteiger partial charge in [0, 0.05) is 17.5 Å². The summed E-state index contributed by atoms with van der Waals surface area (Å²) in [5.74, 6) is -5.30. The van der Waals surface area contributed by atoms with E-state index < -0.39 is 17.7 Å². The van der Waals surface area contributed by atoms with Gasteiger partial charge in [-0.1, -0.05) is 18.2 Å². The summed E-state index contributed by atoms with van der Waals surface area (Å²) in [5.41, 5.74) is -1.31. The van der Waals surface area contributed by atoms with Gasteiger partial charge in [-0.15, -0.1) is 0 Å². The van der Waals surface area contributed by atoms with Crippen molar-refractivity contribution in [2.45, 2.75) is 24.9 Å². The number of benzene rings is 1. The van der Waals surface area contributed by atoms with Crippen LogP contribution in [-0.2, 0) is 12.3 Å². The maximum atomic E-state index is 13.2. The minimum absolute atomic E-state index is 0.0136. The first kappa shape index (κ1) is 12.0. The predicted molar refractivity (Wildman–Crippen MR) is 49.0 cm³/mol. The summed E-state index contributed by atoms with van der Waals surface area (Å²) in [6.07, 6.45) is -5.72. The first-order valence-corrected chi connectivity index (χ1v) is 4.85. The highest BCUT2D eigenvalue weighted by Gasteiger charge is 2.59. The molecule has 0 atom stereocenters. The number of carbonyl (C=O) groups excluding carboxylic acids is 1. The number of hydrogen-bond acceptors (Lipinski definition) is 1. The lowest BCUT2D eigenvalue weighted by molar-refractivity contribution is -0.289. The van der Waals surface area contributed by atoms with Crippen LogP contribution in [0.2, 0.25) is 0 Å². The minimum atomic E-state index is -5.65. The van der Waals surface area contributed by atoms with E-state index in [0.29, 0.717) is 0 Å². The summed E-state index contributed by atoms with van der Waals surface area (Å²) in [5, 5.41) is 0. The van der Waals surface area contributed by atoms with E-state index in [4.69, 9.17) is 0 Å². The van der Waals surface area contributed by atoms with E-state index >= 15 is 0 Å². The van der Waals surface area contributed by atoms with Gasteiger partial charge in [-0.3, -0.25) is 4.79 Å². The maximum absolute atomic E-state index is 13.2. The summed E-state index contributed by atoms with van der Waals surface area (Å²) in [7, 11) is 0. The largest absolute Gasteiger partial charge is 0.458 e. The maximum Gasteiger partial charge on any atom is 0.458 e. The first-order valence-electron chi connectivity index (χ1n) is 4.85. The van der Waals surface area contributed by atoms with Gasteiger partial charge < -0.3 is 0 Å². The third-order valence-corrected chi connectivity index (χ3v) is 2.77. The van der Waals surface area contributed by atoms with Crippen molar-refractivity contribution in [2.24, 2.45) is 0 Å². The van der Waals surface area contributed by atoms with Gasteiger partial charge in [0.05, 0.1) is 0 Å². The number of ketones is 1. The van der Waals surface area contributed by atoms with E-state index in [-0.39, 0.29) is 29.8 Å². The number of alkyl halides is 5.